The summed E-state index contributed by atoms with van der Waals surface area (Å²) in [5.41, 5.74) is 7.66. The number of rotatable bonds is 2. The van der Waals surface area contributed by atoms with Gasteiger partial charge in [0.1, 0.15) is 5.82 Å². The molecule has 2 atom stereocenters. The summed E-state index contributed by atoms with van der Waals surface area (Å²) in [6.45, 7) is 0. The Labute approximate surface area is 108 Å². The van der Waals surface area contributed by atoms with Crippen LogP contribution in [0.2, 0.25) is 0 Å². The molecule has 2 unspecified atom stereocenters. The third kappa shape index (κ3) is 1.43. The molecule has 2 N–H and O–H groups in total. The molecule has 96 valence electrons. The van der Waals surface area contributed by atoms with E-state index in [1.54, 1.807) is 10.7 Å². The number of pyridine rings is 1. The van der Waals surface area contributed by atoms with E-state index in [4.69, 9.17) is 5.73 Å². The molecule has 0 aliphatic heterocycles. The van der Waals surface area contributed by atoms with Crippen molar-refractivity contribution in [2.75, 3.05) is 0 Å². The van der Waals surface area contributed by atoms with Crippen LogP contribution in [0.1, 0.15) is 34.1 Å². The fourth-order valence-corrected chi connectivity index (χ4v) is 2.98. The van der Waals surface area contributed by atoms with E-state index in [0.29, 0.717) is 23.3 Å². The van der Waals surface area contributed by atoms with Crippen molar-refractivity contribution >= 4 is 5.91 Å². The zero-order chi connectivity index (χ0) is 13.1. The Morgan fingerprint density at radius 2 is 2.32 bits per heavy atom. The maximum Gasteiger partial charge on any atom is 0.269 e. The van der Waals surface area contributed by atoms with Gasteiger partial charge in [-0.3, -0.25) is 4.79 Å². The van der Waals surface area contributed by atoms with Crippen molar-refractivity contribution < 1.29 is 9.18 Å². The van der Waals surface area contributed by atoms with E-state index in [9.17, 15) is 9.18 Å². The SMILES string of the molecule is NC(=O)c1nn(-c2ccc(F)cn2)c2c1CC1CC21. The Bertz CT molecular complexity index is 691. The van der Waals surface area contributed by atoms with Gasteiger partial charge >= 0.3 is 0 Å². The van der Waals surface area contributed by atoms with E-state index in [1.807, 2.05) is 0 Å². The van der Waals surface area contributed by atoms with Crippen molar-refractivity contribution in [3.63, 3.8) is 0 Å². The van der Waals surface area contributed by atoms with Crippen molar-refractivity contribution in [3.8, 4) is 5.82 Å². The highest BCUT2D eigenvalue weighted by Crippen LogP contribution is 2.57. The molecule has 6 heteroatoms. The lowest BCUT2D eigenvalue weighted by molar-refractivity contribution is 0.0994. The van der Waals surface area contributed by atoms with E-state index < -0.39 is 11.7 Å². The summed E-state index contributed by atoms with van der Waals surface area (Å²) in [6, 6.07) is 2.89. The number of halogens is 1. The van der Waals surface area contributed by atoms with Crippen LogP contribution in [0.25, 0.3) is 5.82 Å². The third-order valence-corrected chi connectivity index (χ3v) is 3.93. The summed E-state index contributed by atoms with van der Waals surface area (Å²) in [6.07, 6.45) is 3.13. The summed E-state index contributed by atoms with van der Waals surface area (Å²) in [5.74, 6) is 0.670. The summed E-state index contributed by atoms with van der Waals surface area (Å²) in [5, 5.41) is 4.27. The molecule has 1 fully saturated rings. The van der Waals surface area contributed by atoms with Crippen LogP contribution in [-0.4, -0.2) is 20.7 Å². The lowest BCUT2D eigenvalue weighted by Crippen LogP contribution is -2.14. The number of fused-ring (bicyclic) bond motifs is 3. The second-order valence-electron chi connectivity index (χ2n) is 5.13. The van der Waals surface area contributed by atoms with E-state index in [-0.39, 0.29) is 0 Å². The van der Waals surface area contributed by atoms with Gasteiger partial charge in [-0.1, -0.05) is 0 Å². The van der Waals surface area contributed by atoms with Gasteiger partial charge in [0.25, 0.3) is 5.91 Å². The Hall–Kier alpha value is -2.24. The zero-order valence-electron chi connectivity index (χ0n) is 10.0. The van der Waals surface area contributed by atoms with Gasteiger partial charge in [-0.05, 0) is 30.9 Å². The molecule has 1 amide bonds. The maximum absolute atomic E-state index is 12.9. The minimum absolute atomic E-state index is 0.327. The Morgan fingerprint density at radius 1 is 1.47 bits per heavy atom. The smallest absolute Gasteiger partial charge is 0.269 e. The molecule has 0 saturated heterocycles. The molecule has 0 radical (unpaired) electrons. The molecule has 2 aromatic rings. The number of aromatic nitrogens is 3. The van der Waals surface area contributed by atoms with Gasteiger partial charge in [-0.25, -0.2) is 14.1 Å². The first-order valence-corrected chi connectivity index (χ1v) is 6.18. The molecule has 1 saturated carbocycles. The van der Waals surface area contributed by atoms with Gasteiger partial charge in [0.05, 0.1) is 11.9 Å². The number of primary amides is 1. The van der Waals surface area contributed by atoms with Crippen LogP contribution in [0.5, 0.6) is 0 Å². The predicted molar refractivity (Wildman–Crippen MR) is 64.4 cm³/mol. The molecule has 0 aromatic carbocycles. The minimum atomic E-state index is -0.515. The van der Waals surface area contributed by atoms with Gasteiger partial charge in [0, 0.05) is 11.5 Å². The number of nitrogens with zero attached hydrogens (tertiary/aromatic N) is 3. The molecule has 2 aliphatic carbocycles. The number of hydrogen-bond acceptors (Lipinski definition) is 3. The molecule has 19 heavy (non-hydrogen) atoms. The van der Waals surface area contributed by atoms with Gasteiger partial charge < -0.3 is 5.73 Å². The highest BCUT2D eigenvalue weighted by atomic mass is 19.1. The monoisotopic (exact) mass is 258 g/mol. The molecule has 0 spiro atoms. The fraction of sp³-hybridized carbons (Fsp3) is 0.308. The molecule has 5 nitrogen and oxygen atoms in total. The quantitative estimate of drug-likeness (QED) is 0.878. The molecule has 0 bridgehead atoms. The Morgan fingerprint density at radius 3 is 3.00 bits per heavy atom. The van der Waals surface area contributed by atoms with E-state index in [1.165, 1.54) is 6.07 Å². The number of carbonyl (C=O) groups is 1. The maximum atomic E-state index is 12.9. The van der Waals surface area contributed by atoms with Gasteiger partial charge in [-0.15, -0.1) is 0 Å². The molecular weight excluding hydrogens is 247 g/mol. The summed E-state index contributed by atoms with van der Waals surface area (Å²) in [7, 11) is 0. The van der Waals surface area contributed by atoms with Crippen LogP contribution in [0, 0.1) is 11.7 Å². The number of carbonyl (C=O) groups excluding carboxylic acids is 1. The van der Waals surface area contributed by atoms with Crippen molar-refractivity contribution in [1.82, 2.24) is 14.8 Å². The van der Waals surface area contributed by atoms with Crippen LogP contribution in [0.3, 0.4) is 0 Å². The zero-order valence-corrected chi connectivity index (χ0v) is 10.0. The first kappa shape index (κ1) is 10.7. The number of amides is 1. The van der Waals surface area contributed by atoms with Crippen molar-refractivity contribution in [3.05, 3.63) is 41.1 Å². The topological polar surface area (TPSA) is 73.8 Å². The second-order valence-corrected chi connectivity index (χ2v) is 5.13. The van der Waals surface area contributed by atoms with Crippen molar-refractivity contribution in [2.24, 2.45) is 11.7 Å². The lowest BCUT2D eigenvalue weighted by atomic mass is 10.1. The van der Waals surface area contributed by atoms with E-state index >= 15 is 0 Å². The first-order chi connectivity index (χ1) is 9.15. The average Bonchev–Trinajstić information content (AvgIpc) is 2.89. The summed E-state index contributed by atoms with van der Waals surface area (Å²) < 4.78 is 14.6. The lowest BCUT2D eigenvalue weighted by Gasteiger charge is -2.04. The molecule has 2 aromatic heterocycles. The Kier molecular flexibility index (Phi) is 1.91. The highest BCUT2D eigenvalue weighted by molar-refractivity contribution is 5.93. The van der Waals surface area contributed by atoms with Crippen LogP contribution in [-0.2, 0) is 6.42 Å². The van der Waals surface area contributed by atoms with Crippen LogP contribution in [0.15, 0.2) is 18.3 Å². The van der Waals surface area contributed by atoms with E-state index in [2.05, 4.69) is 10.1 Å². The Balaban J connectivity index is 1.91. The second kappa shape index (κ2) is 3.40. The van der Waals surface area contributed by atoms with Crippen molar-refractivity contribution in [2.45, 2.75) is 18.8 Å². The molecular formula is C13H11FN4O. The standard InChI is InChI=1S/C13H11FN4O/c14-7-1-2-10(16-5-7)18-12-8-3-6(8)4-9(12)11(17-18)13(15)19/h1-2,5-6,8H,3-4H2,(H2,15,19). The van der Waals surface area contributed by atoms with Crippen LogP contribution >= 0.6 is 0 Å². The van der Waals surface area contributed by atoms with Crippen LogP contribution < -0.4 is 5.73 Å². The highest BCUT2D eigenvalue weighted by Gasteiger charge is 2.50. The average molecular weight is 258 g/mol. The summed E-state index contributed by atoms with van der Waals surface area (Å²) >= 11 is 0. The van der Waals surface area contributed by atoms with Gasteiger partial charge in [-0.2, -0.15) is 5.10 Å². The van der Waals surface area contributed by atoms with E-state index in [0.717, 1.165) is 30.3 Å². The van der Waals surface area contributed by atoms with Crippen LogP contribution in [0.4, 0.5) is 4.39 Å². The minimum Gasteiger partial charge on any atom is -0.364 e. The number of nitrogens with two attached hydrogens (primary N) is 1. The third-order valence-electron chi connectivity index (χ3n) is 3.93. The summed E-state index contributed by atoms with van der Waals surface area (Å²) in [4.78, 5) is 15.5. The molecule has 2 aliphatic rings. The predicted octanol–water partition coefficient (Wildman–Crippen LogP) is 1.16. The normalized spacial score (nSPS) is 23.0. The largest absolute Gasteiger partial charge is 0.364 e. The van der Waals surface area contributed by atoms with Gasteiger partial charge in [0.15, 0.2) is 11.5 Å². The number of hydrogen-bond donors (Lipinski definition) is 1. The van der Waals surface area contributed by atoms with Crippen molar-refractivity contribution in [1.29, 1.82) is 0 Å². The van der Waals surface area contributed by atoms with Gasteiger partial charge in [0.2, 0.25) is 0 Å². The molecule has 4 rings (SSSR count). The fourth-order valence-electron chi connectivity index (χ4n) is 2.98. The molecule has 2 heterocycles. The first-order valence-electron chi connectivity index (χ1n) is 6.18.